The molecule has 0 radical (unpaired) electrons. The van der Waals surface area contributed by atoms with Crippen LogP contribution in [0.5, 0.6) is 0 Å². The molecule has 0 aromatic carbocycles. The van der Waals surface area contributed by atoms with E-state index < -0.39 is 50.7 Å². The van der Waals surface area contributed by atoms with Crippen LogP contribution < -0.4 is 0 Å². The largest absolute Gasteiger partial charge is 0.414 e. The molecule has 4 atom stereocenters. The Morgan fingerprint density at radius 1 is 1.03 bits per heavy atom. The third-order valence-corrected chi connectivity index (χ3v) is 13.9. The first-order valence-corrected chi connectivity index (χ1v) is 16.0. The van der Waals surface area contributed by atoms with Gasteiger partial charge in [-0.2, -0.15) is 8.78 Å². The van der Waals surface area contributed by atoms with Crippen molar-refractivity contribution >= 4 is 26.6 Å². The third-order valence-electron chi connectivity index (χ3n) is 5.87. The summed E-state index contributed by atoms with van der Waals surface area (Å²) < 4.78 is 65.8. The number of alkyl halides is 2. The molecule has 30 heavy (non-hydrogen) atoms. The summed E-state index contributed by atoms with van der Waals surface area (Å²) in [6.07, 6.45) is -4.02. The first-order chi connectivity index (χ1) is 13.5. The summed E-state index contributed by atoms with van der Waals surface area (Å²) in [5, 5.41) is -0.0219. The molecule has 0 saturated carbocycles. The van der Waals surface area contributed by atoms with E-state index in [0.29, 0.717) is 0 Å². The van der Waals surface area contributed by atoms with Gasteiger partial charge in [-0.25, -0.2) is 0 Å². The molecular formula is C19H37F2O6PSSi. The lowest BCUT2D eigenvalue weighted by Crippen LogP contribution is -2.44. The van der Waals surface area contributed by atoms with Gasteiger partial charge in [0.2, 0.25) is 0 Å². The van der Waals surface area contributed by atoms with E-state index in [2.05, 4.69) is 33.9 Å². The third kappa shape index (κ3) is 5.18. The second kappa shape index (κ2) is 9.03. The van der Waals surface area contributed by atoms with Crippen LogP contribution in [-0.4, -0.2) is 64.0 Å². The van der Waals surface area contributed by atoms with E-state index in [-0.39, 0.29) is 24.9 Å². The van der Waals surface area contributed by atoms with Crippen LogP contribution in [0.25, 0.3) is 0 Å². The van der Waals surface area contributed by atoms with Gasteiger partial charge in [0, 0.05) is 0 Å². The fraction of sp³-hybridized carbons (Fsp3) is 1.00. The van der Waals surface area contributed by atoms with Crippen molar-refractivity contribution in [3.8, 4) is 0 Å². The fourth-order valence-corrected chi connectivity index (χ4v) is 6.88. The van der Waals surface area contributed by atoms with Crippen molar-refractivity contribution in [3.05, 3.63) is 0 Å². The first-order valence-electron chi connectivity index (χ1n) is 10.4. The van der Waals surface area contributed by atoms with Gasteiger partial charge < -0.3 is 27.7 Å². The van der Waals surface area contributed by atoms with Crippen LogP contribution in [0.15, 0.2) is 0 Å². The monoisotopic (exact) mass is 490 g/mol. The van der Waals surface area contributed by atoms with Gasteiger partial charge in [-0.1, -0.05) is 20.8 Å². The average molecular weight is 491 g/mol. The zero-order valence-electron chi connectivity index (χ0n) is 19.5. The van der Waals surface area contributed by atoms with Crippen LogP contribution in [0.1, 0.15) is 48.5 Å². The van der Waals surface area contributed by atoms with E-state index in [1.165, 1.54) is 0 Å². The minimum atomic E-state index is -3.96. The molecule has 0 aromatic rings. The molecule has 0 spiro atoms. The molecule has 2 heterocycles. The van der Waals surface area contributed by atoms with Crippen LogP contribution in [0.2, 0.25) is 18.1 Å². The van der Waals surface area contributed by atoms with Crippen LogP contribution in [-0.2, 0) is 39.5 Å². The summed E-state index contributed by atoms with van der Waals surface area (Å²) in [7, 11) is -2.11. The molecule has 2 fully saturated rings. The normalized spacial score (nSPS) is 30.0. The summed E-state index contributed by atoms with van der Waals surface area (Å²) in [5.74, 6) is -1.01. The van der Waals surface area contributed by atoms with E-state index in [4.69, 9.17) is 39.5 Å². The van der Waals surface area contributed by atoms with Crippen molar-refractivity contribution in [2.24, 2.45) is 0 Å². The standard InChI is InChI=1S/C19H37F2O6PSSi/c1-10-22-28(29,23-11-2)19(20,21)16-15-14(26-18(6,7)27-15)13(25-16)12-24-30(8,9)17(3,4)5/h13-16H,10-12H2,1-9H3/t13-,14-,15-,16?/m1/s1. The Morgan fingerprint density at radius 2 is 1.53 bits per heavy atom. The van der Waals surface area contributed by atoms with Gasteiger partial charge in [0.1, 0.15) is 18.3 Å². The second-order valence-electron chi connectivity index (χ2n) is 9.65. The van der Waals surface area contributed by atoms with E-state index in [9.17, 15) is 0 Å². The highest BCUT2D eigenvalue weighted by atomic mass is 32.5. The maximum absolute atomic E-state index is 15.7. The molecule has 2 aliphatic heterocycles. The Labute approximate surface area is 185 Å². The topological polar surface area (TPSA) is 55.4 Å². The minimum absolute atomic E-state index is 0.0219. The molecule has 2 aliphatic rings. The van der Waals surface area contributed by atoms with Gasteiger partial charge in [0.05, 0.1) is 19.8 Å². The molecule has 0 N–H and O–H groups in total. The quantitative estimate of drug-likeness (QED) is 0.322. The van der Waals surface area contributed by atoms with Crippen molar-refractivity contribution in [1.82, 2.24) is 0 Å². The van der Waals surface area contributed by atoms with Gasteiger partial charge in [0.25, 0.3) is 6.49 Å². The average Bonchev–Trinajstić information content (AvgIpc) is 3.05. The van der Waals surface area contributed by atoms with E-state index in [1.54, 1.807) is 27.7 Å². The number of hydrogen-bond acceptors (Lipinski definition) is 7. The van der Waals surface area contributed by atoms with Crippen molar-refractivity contribution < 1.29 is 36.5 Å². The van der Waals surface area contributed by atoms with Gasteiger partial charge in [-0.15, -0.1) is 0 Å². The number of rotatable bonds is 9. The fourth-order valence-electron chi connectivity index (χ4n) is 3.31. The van der Waals surface area contributed by atoms with Crippen molar-refractivity contribution in [2.45, 2.75) is 102 Å². The molecule has 178 valence electrons. The van der Waals surface area contributed by atoms with Gasteiger partial charge in [-0.3, -0.25) is 0 Å². The van der Waals surface area contributed by atoms with E-state index >= 15 is 8.78 Å². The van der Waals surface area contributed by atoms with Crippen LogP contribution in [0.4, 0.5) is 8.78 Å². The van der Waals surface area contributed by atoms with Gasteiger partial charge in [-0.05, 0) is 57.6 Å². The summed E-state index contributed by atoms with van der Waals surface area (Å²) in [5.41, 5.74) is -3.55. The number of hydrogen-bond donors (Lipinski definition) is 0. The molecule has 6 nitrogen and oxygen atoms in total. The molecule has 2 saturated heterocycles. The van der Waals surface area contributed by atoms with E-state index in [0.717, 1.165) is 0 Å². The van der Waals surface area contributed by atoms with Crippen LogP contribution in [0, 0.1) is 0 Å². The van der Waals surface area contributed by atoms with Crippen molar-refractivity contribution in [1.29, 1.82) is 0 Å². The highest BCUT2D eigenvalue weighted by Gasteiger charge is 2.67. The SMILES string of the molecule is CCOP(=S)(OCC)C(F)(F)C1O[C@H](CO[Si](C)(C)C(C)(C)C)[C@H]2OC(C)(C)O[C@@H]12. The number of ether oxygens (including phenoxy) is 3. The van der Waals surface area contributed by atoms with Gasteiger partial charge >= 0.3 is 5.66 Å². The Balaban J connectivity index is 2.30. The lowest BCUT2D eigenvalue weighted by Gasteiger charge is -2.37. The molecule has 11 heteroatoms. The summed E-state index contributed by atoms with van der Waals surface area (Å²) >= 11 is 5.22. The summed E-state index contributed by atoms with van der Waals surface area (Å²) in [6, 6.07) is 0. The highest BCUT2D eigenvalue weighted by molar-refractivity contribution is 8.10. The maximum atomic E-state index is 15.7. The smallest absolute Gasteiger partial charge is 0.348 e. The van der Waals surface area contributed by atoms with Crippen LogP contribution in [0.3, 0.4) is 0 Å². The molecule has 0 bridgehead atoms. The predicted molar refractivity (Wildman–Crippen MR) is 118 cm³/mol. The highest BCUT2D eigenvalue weighted by Crippen LogP contribution is 2.66. The Hall–Kier alpha value is 0.487. The summed E-state index contributed by atoms with van der Waals surface area (Å²) in [4.78, 5) is 0. The first kappa shape index (κ1) is 26.7. The number of fused-ring (bicyclic) bond motifs is 1. The zero-order valence-corrected chi connectivity index (χ0v) is 22.2. The lowest BCUT2D eigenvalue weighted by molar-refractivity contribution is -0.210. The number of halogens is 2. The molecule has 0 aromatic heterocycles. The zero-order chi connectivity index (χ0) is 23.2. The van der Waals surface area contributed by atoms with Gasteiger partial charge in [0.15, 0.2) is 20.2 Å². The molecule has 2 rings (SSSR count). The van der Waals surface area contributed by atoms with Crippen LogP contribution >= 0.6 is 6.49 Å². The Morgan fingerprint density at radius 3 is 2.00 bits per heavy atom. The minimum Gasteiger partial charge on any atom is -0.414 e. The Kier molecular flexibility index (Phi) is 8.04. The van der Waals surface area contributed by atoms with Crippen molar-refractivity contribution in [3.63, 3.8) is 0 Å². The maximum Gasteiger partial charge on any atom is 0.348 e. The predicted octanol–water partition coefficient (Wildman–Crippen LogP) is 5.27. The van der Waals surface area contributed by atoms with E-state index in [1.807, 2.05) is 0 Å². The second-order valence-corrected chi connectivity index (χ2v) is 18.0. The molecule has 0 amide bonds. The molecule has 1 unspecified atom stereocenters. The molecule has 0 aliphatic carbocycles. The molecular weight excluding hydrogens is 453 g/mol. The lowest BCUT2D eigenvalue weighted by atomic mass is 10.1. The summed E-state index contributed by atoms with van der Waals surface area (Å²) in [6.45, 7) is 13.4. The van der Waals surface area contributed by atoms with Crippen molar-refractivity contribution in [2.75, 3.05) is 19.8 Å². The Bertz CT molecular complexity index is 647.